The Morgan fingerprint density at radius 3 is 2.33 bits per heavy atom. The number of carbonyl (C=O) groups excluding carboxylic acids is 2. The van der Waals surface area contributed by atoms with Crippen LogP contribution >= 0.6 is 0 Å². The Morgan fingerprint density at radius 1 is 1.19 bits per heavy atom. The molecule has 1 saturated carbocycles. The quantitative estimate of drug-likeness (QED) is 0.809. The molecule has 1 aliphatic carbocycles. The highest BCUT2D eigenvalue weighted by Gasteiger charge is 2.45. The van der Waals surface area contributed by atoms with Crippen LogP contribution in [0.25, 0.3) is 0 Å². The van der Waals surface area contributed by atoms with E-state index in [1.165, 1.54) is 6.92 Å². The number of hydrogen-bond donors (Lipinski definition) is 2. The Labute approximate surface area is 127 Å². The Kier molecular flexibility index (Phi) is 4.61. The Bertz CT molecular complexity index is 414. The maximum Gasteiger partial charge on any atom is 0.248 e. The highest BCUT2D eigenvalue weighted by Crippen LogP contribution is 2.34. The van der Waals surface area contributed by atoms with Crippen LogP contribution in [0.3, 0.4) is 0 Å². The van der Waals surface area contributed by atoms with E-state index in [1.807, 2.05) is 4.90 Å². The topological polar surface area (TPSA) is 75.4 Å². The lowest BCUT2D eigenvalue weighted by atomic mass is 9.76. The van der Waals surface area contributed by atoms with Crippen LogP contribution in [0.2, 0.25) is 0 Å². The first kappa shape index (κ1) is 16.3. The number of carbonyl (C=O) groups is 2. The molecule has 1 unspecified atom stereocenters. The lowest BCUT2D eigenvalue weighted by molar-refractivity contribution is -0.146. The average Bonchev–Trinajstić information content (AvgIpc) is 2.41. The number of rotatable bonds is 2. The van der Waals surface area contributed by atoms with Crippen LogP contribution < -0.4 is 11.1 Å². The minimum atomic E-state index is -0.679. The van der Waals surface area contributed by atoms with Gasteiger partial charge in [0.1, 0.15) is 5.54 Å². The molecule has 0 aromatic rings. The standard InChI is InChI=1S/C16H29N3O2/c1-12(20)18-16(8-5-4-6-9-16)14(21)19-10-7-13(17)15(2,3)11-19/h13H,4-11,17H2,1-3H3,(H,18,20). The van der Waals surface area contributed by atoms with Gasteiger partial charge in [0.15, 0.2) is 0 Å². The van der Waals surface area contributed by atoms with Crippen molar-refractivity contribution in [3.63, 3.8) is 0 Å². The second kappa shape index (κ2) is 5.95. The van der Waals surface area contributed by atoms with Gasteiger partial charge in [0.05, 0.1) is 0 Å². The molecule has 1 saturated heterocycles. The number of amides is 2. The summed E-state index contributed by atoms with van der Waals surface area (Å²) in [5, 5.41) is 2.97. The number of nitrogens with zero attached hydrogens (tertiary/aromatic N) is 1. The van der Waals surface area contributed by atoms with E-state index in [4.69, 9.17) is 5.73 Å². The number of nitrogens with two attached hydrogens (primary N) is 1. The first-order valence-electron chi connectivity index (χ1n) is 8.11. The van der Waals surface area contributed by atoms with Crippen LogP contribution in [0.1, 0.15) is 59.3 Å². The number of piperidine rings is 1. The van der Waals surface area contributed by atoms with Gasteiger partial charge < -0.3 is 16.0 Å². The molecule has 2 rings (SSSR count). The summed E-state index contributed by atoms with van der Waals surface area (Å²) in [6, 6.07) is 0.129. The molecular weight excluding hydrogens is 266 g/mol. The van der Waals surface area contributed by atoms with Crippen LogP contribution in [0.5, 0.6) is 0 Å². The van der Waals surface area contributed by atoms with Gasteiger partial charge in [-0.25, -0.2) is 0 Å². The van der Waals surface area contributed by atoms with Crippen molar-refractivity contribution in [3.05, 3.63) is 0 Å². The summed E-state index contributed by atoms with van der Waals surface area (Å²) in [5.41, 5.74) is 5.41. The Morgan fingerprint density at radius 2 is 1.81 bits per heavy atom. The summed E-state index contributed by atoms with van der Waals surface area (Å²) in [6.45, 7) is 7.10. The van der Waals surface area contributed by atoms with Crippen molar-refractivity contribution >= 4 is 11.8 Å². The minimum absolute atomic E-state index is 0.0695. The fraction of sp³-hybridized carbons (Fsp3) is 0.875. The molecule has 0 aromatic carbocycles. The monoisotopic (exact) mass is 295 g/mol. The maximum absolute atomic E-state index is 13.1. The summed E-state index contributed by atoms with van der Waals surface area (Å²) in [4.78, 5) is 26.6. The first-order chi connectivity index (χ1) is 9.77. The fourth-order valence-electron chi connectivity index (χ4n) is 3.73. The minimum Gasteiger partial charge on any atom is -0.342 e. The predicted octanol–water partition coefficient (Wildman–Crippen LogP) is 1.41. The molecule has 0 spiro atoms. The third-order valence-corrected chi connectivity index (χ3v) is 5.13. The van der Waals surface area contributed by atoms with Crippen molar-refractivity contribution in [2.45, 2.75) is 70.9 Å². The van der Waals surface area contributed by atoms with E-state index >= 15 is 0 Å². The average molecular weight is 295 g/mol. The second-order valence-corrected chi connectivity index (χ2v) is 7.43. The van der Waals surface area contributed by atoms with Crippen LogP contribution in [0.15, 0.2) is 0 Å². The van der Waals surface area contributed by atoms with Gasteiger partial charge in [0, 0.05) is 26.1 Å². The molecule has 5 nitrogen and oxygen atoms in total. The SMILES string of the molecule is CC(=O)NC1(C(=O)N2CCC(N)C(C)(C)C2)CCCCC1. The van der Waals surface area contributed by atoms with Crippen molar-refractivity contribution in [1.82, 2.24) is 10.2 Å². The molecule has 21 heavy (non-hydrogen) atoms. The van der Waals surface area contributed by atoms with E-state index in [9.17, 15) is 9.59 Å². The van der Waals surface area contributed by atoms with Gasteiger partial charge in [0.25, 0.3) is 0 Å². The highest BCUT2D eigenvalue weighted by molar-refractivity contribution is 5.91. The van der Waals surface area contributed by atoms with Gasteiger partial charge in [-0.15, -0.1) is 0 Å². The van der Waals surface area contributed by atoms with Gasteiger partial charge in [-0.3, -0.25) is 9.59 Å². The molecule has 5 heteroatoms. The zero-order chi connectivity index (χ0) is 15.7. The number of nitrogens with one attached hydrogen (secondary N) is 1. The fourth-order valence-corrected chi connectivity index (χ4v) is 3.73. The second-order valence-electron chi connectivity index (χ2n) is 7.43. The molecular formula is C16H29N3O2. The maximum atomic E-state index is 13.1. The van der Waals surface area contributed by atoms with E-state index < -0.39 is 5.54 Å². The summed E-state index contributed by atoms with van der Waals surface area (Å²) >= 11 is 0. The third kappa shape index (κ3) is 3.39. The van der Waals surface area contributed by atoms with Crippen LogP contribution in [-0.4, -0.2) is 41.4 Å². The Balaban J connectivity index is 2.16. The molecule has 1 aliphatic heterocycles. The lowest BCUT2D eigenvalue weighted by Crippen LogP contribution is -2.64. The van der Waals surface area contributed by atoms with E-state index in [2.05, 4.69) is 19.2 Å². The molecule has 0 bridgehead atoms. The predicted molar refractivity (Wildman–Crippen MR) is 82.6 cm³/mol. The van der Waals surface area contributed by atoms with Gasteiger partial charge in [0.2, 0.25) is 11.8 Å². The largest absolute Gasteiger partial charge is 0.342 e. The lowest BCUT2D eigenvalue weighted by Gasteiger charge is -2.47. The zero-order valence-corrected chi connectivity index (χ0v) is 13.6. The molecule has 2 aliphatic rings. The van der Waals surface area contributed by atoms with Gasteiger partial charge in [-0.2, -0.15) is 0 Å². The summed E-state index contributed by atoms with van der Waals surface area (Å²) in [5.74, 6) is -0.0180. The van der Waals surface area contributed by atoms with Crippen LogP contribution in [0, 0.1) is 5.41 Å². The molecule has 0 radical (unpaired) electrons. The third-order valence-electron chi connectivity index (χ3n) is 5.13. The normalized spacial score (nSPS) is 28.0. The van der Waals surface area contributed by atoms with E-state index in [0.29, 0.717) is 13.1 Å². The summed E-state index contributed by atoms with van der Waals surface area (Å²) in [6.07, 6.45) is 5.49. The van der Waals surface area contributed by atoms with E-state index in [0.717, 1.165) is 38.5 Å². The summed E-state index contributed by atoms with van der Waals surface area (Å²) < 4.78 is 0. The highest BCUT2D eigenvalue weighted by atomic mass is 16.2. The Hall–Kier alpha value is -1.10. The number of hydrogen-bond acceptors (Lipinski definition) is 3. The molecule has 1 atom stereocenters. The molecule has 2 fully saturated rings. The van der Waals surface area contributed by atoms with E-state index in [-0.39, 0.29) is 23.3 Å². The molecule has 120 valence electrons. The van der Waals surface area contributed by atoms with Crippen LogP contribution in [0.4, 0.5) is 0 Å². The van der Waals surface area contributed by atoms with Gasteiger partial charge in [-0.05, 0) is 24.7 Å². The smallest absolute Gasteiger partial charge is 0.248 e. The van der Waals surface area contributed by atoms with Gasteiger partial charge in [-0.1, -0.05) is 33.1 Å². The molecule has 2 amide bonds. The number of likely N-dealkylation sites (tertiary alicyclic amines) is 1. The zero-order valence-electron chi connectivity index (χ0n) is 13.6. The van der Waals surface area contributed by atoms with Crippen molar-refractivity contribution in [2.24, 2.45) is 11.1 Å². The van der Waals surface area contributed by atoms with Crippen molar-refractivity contribution < 1.29 is 9.59 Å². The summed E-state index contributed by atoms with van der Waals surface area (Å²) in [7, 11) is 0. The first-order valence-corrected chi connectivity index (χ1v) is 8.11. The molecule has 3 N–H and O–H groups in total. The van der Waals surface area contributed by atoms with Crippen molar-refractivity contribution in [1.29, 1.82) is 0 Å². The van der Waals surface area contributed by atoms with Gasteiger partial charge >= 0.3 is 0 Å². The molecule has 1 heterocycles. The van der Waals surface area contributed by atoms with E-state index in [1.54, 1.807) is 0 Å². The van der Waals surface area contributed by atoms with Crippen molar-refractivity contribution in [3.8, 4) is 0 Å². The molecule has 0 aromatic heterocycles. The van der Waals surface area contributed by atoms with Crippen molar-refractivity contribution in [2.75, 3.05) is 13.1 Å². The van der Waals surface area contributed by atoms with Crippen LogP contribution in [-0.2, 0) is 9.59 Å².